The van der Waals surface area contributed by atoms with Gasteiger partial charge in [0.2, 0.25) is 0 Å². The average Bonchev–Trinajstić information content (AvgIpc) is 2.38. The number of rotatable bonds is 10. The number of hydrogen-bond donors (Lipinski definition) is 1. The predicted octanol–water partition coefficient (Wildman–Crippen LogP) is 3.89. The van der Waals surface area contributed by atoms with Gasteiger partial charge in [-0.1, -0.05) is 20.4 Å². The third-order valence-electron chi connectivity index (χ3n) is 3.42. The minimum atomic E-state index is -0.576. The van der Waals surface area contributed by atoms with E-state index in [1.54, 1.807) is 6.92 Å². The van der Waals surface area contributed by atoms with Crippen LogP contribution in [-0.4, -0.2) is 28.8 Å². The van der Waals surface area contributed by atoms with E-state index in [9.17, 15) is 4.79 Å². The van der Waals surface area contributed by atoms with Gasteiger partial charge in [-0.3, -0.25) is 0 Å². The summed E-state index contributed by atoms with van der Waals surface area (Å²) in [5, 5.41) is 8.06. The molecule has 0 saturated heterocycles. The first-order valence-corrected chi connectivity index (χ1v) is 7.73. The molecule has 0 aliphatic rings. The number of hydrogen-bond acceptors (Lipinski definition) is 5. The van der Waals surface area contributed by atoms with Crippen LogP contribution in [0, 0.1) is 0 Å². The van der Waals surface area contributed by atoms with Crippen molar-refractivity contribution >= 4 is 14.8 Å². The van der Waals surface area contributed by atoms with E-state index in [2.05, 4.69) is 11.3 Å². The van der Waals surface area contributed by atoms with E-state index in [0.29, 0.717) is 25.0 Å². The fraction of sp³-hybridized carbons (Fsp3) is 0.786. The highest BCUT2D eigenvalue weighted by Crippen LogP contribution is 2.36. The van der Waals surface area contributed by atoms with Crippen LogP contribution >= 0.6 is 8.81 Å². The summed E-state index contributed by atoms with van der Waals surface area (Å²) >= 11 is 0. The molecule has 0 aromatic carbocycles. The summed E-state index contributed by atoms with van der Waals surface area (Å²) in [5.41, 5.74) is -0.187. The van der Waals surface area contributed by atoms with Crippen LogP contribution < -0.4 is 0 Å². The van der Waals surface area contributed by atoms with Crippen molar-refractivity contribution in [3.63, 3.8) is 0 Å². The van der Waals surface area contributed by atoms with Gasteiger partial charge < -0.3 is 9.47 Å². The Morgan fingerprint density at radius 2 is 1.90 bits per heavy atom. The molecule has 20 heavy (non-hydrogen) atoms. The first-order valence-electron chi connectivity index (χ1n) is 6.82. The van der Waals surface area contributed by atoms with Crippen LogP contribution in [-0.2, 0) is 18.9 Å². The molecule has 0 amide bonds. The second-order valence-corrected chi connectivity index (χ2v) is 6.79. The lowest BCUT2D eigenvalue weighted by molar-refractivity contribution is -0.156. The summed E-state index contributed by atoms with van der Waals surface area (Å²) in [6.07, 6.45) is 1.99. The topological polar surface area (TPSA) is 65.0 Å². The molecule has 0 heterocycles. The molecule has 3 unspecified atom stereocenters. The SMILES string of the molecule is C=C(C)C(=O)OC(C)(CC)CCOC(C)(CC)POO. The number of carbonyl (C=O) groups excluding carboxylic acids is 1. The van der Waals surface area contributed by atoms with Gasteiger partial charge in [-0.2, -0.15) is 0 Å². The third-order valence-corrected chi connectivity index (χ3v) is 4.44. The quantitative estimate of drug-likeness (QED) is 0.218. The summed E-state index contributed by atoms with van der Waals surface area (Å²) in [6.45, 7) is 13.3. The fourth-order valence-corrected chi connectivity index (χ4v) is 1.90. The Balaban J connectivity index is 4.43. The summed E-state index contributed by atoms with van der Waals surface area (Å²) in [7, 11) is -0.144. The van der Waals surface area contributed by atoms with Crippen molar-refractivity contribution in [1.82, 2.24) is 0 Å². The van der Waals surface area contributed by atoms with Crippen LogP contribution in [0.1, 0.15) is 53.9 Å². The van der Waals surface area contributed by atoms with Crippen molar-refractivity contribution in [2.75, 3.05) is 6.61 Å². The molecule has 0 aliphatic carbocycles. The Labute approximate surface area is 123 Å². The molecule has 1 N–H and O–H groups in total. The monoisotopic (exact) mass is 306 g/mol. The van der Waals surface area contributed by atoms with E-state index in [-0.39, 0.29) is 14.8 Å². The summed E-state index contributed by atoms with van der Waals surface area (Å²) in [6, 6.07) is 0. The van der Waals surface area contributed by atoms with E-state index in [4.69, 9.17) is 14.7 Å². The smallest absolute Gasteiger partial charge is 0.333 e. The molecule has 0 aliphatic heterocycles. The highest BCUT2D eigenvalue weighted by molar-refractivity contribution is 7.33. The molecule has 0 aromatic heterocycles. The predicted molar refractivity (Wildman–Crippen MR) is 80.9 cm³/mol. The van der Waals surface area contributed by atoms with E-state index in [1.165, 1.54) is 0 Å². The lowest BCUT2D eigenvalue weighted by Gasteiger charge is -2.31. The van der Waals surface area contributed by atoms with E-state index < -0.39 is 10.9 Å². The van der Waals surface area contributed by atoms with Gasteiger partial charge in [0.1, 0.15) is 10.9 Å². The van der Waals surface area contributed by atoms with Gasteiger partial charge in [0.25, 0.3) is 0 Å². The van der Waals surface area contributed by atoms with Crippen LogP contribution in [0.3, 0.4) is 0 Å². The molecule has 6 heteroatoms. The van der Waals surface area contributed by atoms with Crippen LogP contribution in [0.2, 0.25) is 0 Å². The highest BCUT2D eigenvalue weighted by atomic mass is 31.1. The summed E-state index contributed by atoms with van der Waals surface area (Å²) in [5.74, 6) is -0.381. The van der Waals surface area contributed by atoms with E-state index in [0.717, 1.165) is 6.42 Å². The number of ether oxygens (including phenoxy) is 2. The molecule has 0 spiro atoms. The summed E-state index contributed by atoms with van der Waals surface area (Å²) in [4.78, 5) is 11.6. The number of esters is 1. The Morgan fingerprint density at radius 1 is 1.30 bits per heavy atom. The molecule has 118 valence electrons. The average molecular weight is 306 g/mol. The zero-order chi connectivity index (χ0) is 15.8. The van der Waals surface area contributed by atoms with Gasteiger partial charge in [0.15, 0.2) is 0 Å². The molecule has 5 nitrogen and oxygen atoms in total. The third kappa shape index (κ3) is 6.80. The van der Waals surface area contributed by atoms with Gasteiger partial charge in [-0.05, 0) is 33.6 Å². The molecule has 0 aromatic rings. The van der Waals surface area contributed by atoms with Gasteiger partial charge in [-0.25, -0.2) is 14.7 Å². The minimum absolute atomic E-state index is 0.144. The maximum Gasteiger partial charge on any atom is 0.333 e. The highest BCUT2D eigenvalue weighted by Gasteiger charge is 2.30. The fourth-order valence-electron chi connectivity index (χ4n) is 1.40. The van der Waals surface area contributed by atoms with E-state index in [1.807, 2.05) is 27.7 Å². The normalized spacial score (nSPS) is 17.7. The molecular weight excluding hydrogens is 279 g/mol. The van der Waals surface area contributed by atoms with Crippen LogP contribution in [0.25, 0.3) is 0 Å². The molecule has 0 fully saturated rings. The zero-order valence-electron chi connectivity index (χ0n) is 13.1. The van der Waals surface area contributed by atoms with Crippen LogP contribution in [0.5, 0.6) is 0 Å². The van der Waals surface area contributed by atoms with Crippen molar-refractivity contribution in [3.8, 4) is 0 Å². The zero-order valence-corrected chi connectivity index (χ0v) is 14.1. The molecule has 0 radical (unpaired) electrons. The Morgan fingerprint density at radius 3 is 2.30 bits per heavy atom. The summed E-state index contributed by atoms with van der Waals surface area (Å²) < 4.78 is 15.4. The molecule has 3 atom stereocenters. The van der Waals surface area contributed by atoms with Gasteiger partial charge in [-0.15, -0.1) is 0 Å². The van der Waals surface area contributed by atoms with Crippen molar-refractivity contribution < 1.29 is 24.2 Å². The largest absolute Gasteiger partial charge is 0.456 e. The first kappa shape index (κ1) is 19.5. The molecule has 0 rings (SSSR count). The molecule has 0 bridgehead atoms. The maximum absolute atomic E-state index is 11.6. The first-order chi connectivity index (χ1) is 9.22. The Bertz CT molecular complexity index is 334. The lowest BCUT2D eigenvalue weighted by Crippen LogP contribution is -2.34. The van der Waals surface area contributed by atoms with Gasteiger partial charge >= 0.3 is 5.97 Å². The Hall–Kier alpha value is -0.480. The van der Waals surface area contributed by atoms with Crippen molar-refractivity contribution in [1.29, 1.82) is 0 Å². The van der Waals surface area contributed by atoms with Crippen LogP contribution in [0.4, 0.5) is 0 Å². The van der Waals surface area contributed by atoms with Gasteiger partial charge in [0.05, 0.1) is 15.4 Å². The van der Waals surface area contributed by atoms with Crippen molar-refractivity contribution in [2.45, 2.75) is 64.8 Å². The molecular formula is C14H27O5P. The minimum Gasteiger partial charge on any atom is -0.456 e. The second-order valence-electron chi connectivity index (χ2n) is 5.35. The van der Waals surface area contributed by atoms with Crippen LogP contribution in [0.15, 0.2) is 12.2 Å². The Kier molecular flexibility index (Phi) is 8.52. The maximum atomic E-state index is 11.6. The van der Waals surface area contributed by atoms with Gasteiger partial charge in [0, 0.05) is 12.0 Å². The number of carbonyl (C=O) groups is 1. The molecule has 0 saturated carbocycles. The standard InChI is InChI=1S/C14H27O5P/c1-7-13(5,18-12(15)11(3)4)9-10-17-14(6,8-2)20-19-16/h16,20H,3,7-10H2,1-2,4-6H3. The van der Waals surface area contributed by atoms with E-state index >= 15 is 0 Å². The lowest BCUT2D eigenvalue weighted by atomic mass is 9.99. The second kappa shape index (κ2) is 8.73. The van der Waals surface area contributed by atoms with Crippen molar-refractivity contribution in [2.24, 2.45) is 0 Å². The van der Waals surface area contributed by atoms with Crippen molar-refractivity contribution in [3.05, 3.63) is 12.2 Å².